The molecule has 0 amide bonds. The Morgan fingerprint density at radius 1 is 1.26 bits per heavy atom. The molecule has 23 heavy (non-hydrogen) atoms. The summed E-state index contributed by atoms with van der Waals surface area (Å²) in [6, 6.07) is 5.32. The first-order valence-electron chi connectivity index (χ1n) is 6.76. The lowest BCUT2D eigenvalue weighted by atomic mass is 10.2. The molecule has 0 N–H and O–H groups in total. The normalized spacial score (nSPS) is 11.0. The minimum absolute atomic E-state index is 0.500. The Kier molecular flexibility index (Phi) is 4.57. The van der Waals surface area contributed by atoms with Crippen LogP contribution in [-0.4, -0.2) is 21.8 Å². The zero-order valence-electron chi connectivity index (χ0n) is 12.3. The van der Waals surface area contributed by atoms with E-state index in [1.165, 1.54) is 0 Å². The summed E-state index contributed by atoms with van der Waals surface area (Å²) in [7, 11) is 0.500. The molecule has 0 fully saturated rings. The fourth-order valence-corrected chi connectivity index (χ4v) is 3.54. The third-order valence-electron chi connectivity index (χ3n) is 3.19. The number of hydrogen-bond acceptors (Lipinski definition) is 4. The second kappa shape index (κ2) is 6.47. The first kappa shape index (κ1) is 16.2. The van der Waals surface area contributed by atoms with Crippen LogP contribution in [0.15, 0.2) is 28.8 Å². The van der Waals surface area contributed by atoms with Gasteiger partial charge in [0.15, 0.2) is 5.76 Å². The van der Waals surface area contributed by atoms with Crippen molar-refractivity contribution in [2.24, 2.45) is 0 Å². The first-order valence-corrected chi connectivity index (χ1v) is 8.33. The van der Waals surface area contributed by atoms with Gasteiger partial charge in [-0.05, 0) is 18.6 Å². The van der Waals surface area contributed by atoms with Gasteiger partial charge < -0.3 is 4.42 Å². The van der Waals surface area contributed by atoms with Crippen LogP contribution in [0.3, 0.4) is 0 Å². The molecule has 3 aromatic heterocycles. The highest BCUT2D eigenvalue weighted by atomic mass is 35.5. The monoisotopic (exact) mass is 371 g/mol. The Bertz CT molecular complexity index is 944. The number of furan rings is 1. The van der Waals surface area contributed by atoms with E-state index in [0.717, 1.165) is 27.5 Å². The van der Waals surface area contributed by atoms with Crippen molar-refractivity contribution in [3.05, 3.63) is 39.4 Å². The fraction of sp³-hybridized carbons (Fsp3) is 0.200. The highest BCUT2D eigenvalue weighted by Gasteiger charge is 2.14. The van der Waals surface area contributed by atoms with Crippen molar-refractivity contribution in [1.29, 1.82) is 0 Å². The molecule has 0 unspecified atom stereocenters. The highest BCUT2D eigenvalue weighted by Crippen LogP contribution is 2.34. The first-order chi connectivity index (χ1) is 11.1. The lowest BCUT2D eigenvalue weighted by Crippen LogP contribution is -1.83. The third kappa shape index (κ3) is 2.94. The van der Waals surface area contributed by atoms with Gasteiger partial charge >= 0.3 is 0 Å². The number of alkyl halides is 1. The van der Waals surface area contributed by atoms with Crippen molar-refractivity contribution >= 4 is 50.5 Å². The number of benzene rings is 1. The minimum atomic E-state index is 0.500. The van der Waals surface area contributed by atoms with Crippen molar-refractivity contribution in [2.75, 3.05) is 7.18 Å². The van der Waals surface area contributed by atoms with Gasteiger partial charge in [0.25, 0.3) is 0 Å². The molecule has 0 aliphatic heterocycles. The Morgan fingerprint density at radius 2 is 2.04 bits per heavy atom. The Labute approximate surface area is 145 Å². The van der Waals surface area contributed by atoms with Crippen LogP contribution in [0.5, 0.6) is 0 Å². The number of fused-ring (bicyclic) bond motifs is 2. The van der Waals surface area contributed by atoms with E-state index < -0.39 is 0 Å². The van der Waals surface area contributed by atoms with E-state index in [0.29, 0.717) is 28.6 Å². The van der Waals surface area contributed by atoms with E-state index in [1.807, 2.05) is 12.3 Å². The molecular formula is C15H12Cl2FN3OS. The molecule has 0 atom stereocenters. The van der Waals surface area contributed by atoms with Gasteiger partial charge in [-0.3, -0.25) is 4.39 Å². The molecular weight excluding hydrogens is 360 g/mol. The predicted octanol–water partition coefficient (Wildman–Crippen LogP) is 5.66. The average Bonchev–Trinajstić information content (AvgIpc) is 3.20. The van der Waals surface area contributed by atoms with Crippen LogP contribution in [-0.2, 0) is 6.42 Å². The van der Waals surface area contributed by atoms with Crippen LogP contribution in [0, 0.1) is 0 Å². The highest BCUT2D eigenvalue weighted by molar-refractivity contribution is 7.16. The summed E-state index contributed by atoms with van der Waals surface area (Å²) < 4.78 is 17.1. The number of imidazole rings is 1. The average molecular weight is 372 g/mol. The molecule has 0 spiro atoms. The largest absolute Gasteiger partial charge is 0.454 e. The van der Waals surface area contributed by atoms with Gasteiger partial charge in [0.2, 0.25) is 4.96 Å². The van der Waals surface area contributed by atoms with Crippen LogP contribution in [0.4, 0.5) is 4.39 Å². The van der Waals surface area contributed by atoms with Gasteiger partial charge in [-0.1, -0.05) is 41.5 Å². The van der Waals surface area contributed by atoms with Gasteiger partial charge in [0, 0.05) is 16.5 Å². The maximum Gasteiger partial charge on any atom is 0.212 e. The molecule has 0 saturated carbocycles. The molecule has 3 heterocycles. The van der Waals surface area contributed by atoms with Gasteiger partial charge in [-0.15, -0.1) is 0 Å². The third-order valence-corrected chi connectivity index (χ3v) is 4.79. The maximum absolute atomic E-state index is 9.50. The fourth-order valence-electron chi connectivity index (χ4n) is 2.19. The topological polar surface area (TPSA) is 43.3 Å². The van der Waals surface area contributed by atoms with E-state index in [4.69, 9.17) is 27.6 Å². The minimum Gasteiger partial charge on any atom is -0.454 e. The molecule has 120 valence electrons. The van der Waals surface area contributed by atoms with Gasteiger partial charge in [-0.25, -0.2) is 9.50 Å². The number of aromatic nitrogens is 3. The van der Waals surface area contributed by atoms with Crippen LogP contribution in [0.2, 0.25) is 10.0 Å². The Balaban J connectivity index is 0.000000753. The van der Waals surface area contributed by atoms with Gasteiger partial charge in [-0.2, -0.15) is 5.10 Å². The summed E-state index contributed by atoms with van der Waals surface area (Å²) in [6.07, 6.45) is 2.76. The quantitative estimate of drug-likeness (QED) is 0.456. The van der Waals surface area contributed by atoms with E-state index in [1.54, 1.807) is 28.0 Å². The Hall–Kier alpha value is -1.63. The van der Waals surface area contributed by atoms with E-state index >= 15 is 0 Å². The molecule has 0 bridgehead atoms. The molecule has 4 nitrogen and oxygen atoms in total. The van der Waals surface area contributed by atoms with Crippen molar-refractivity contribution in [3.63, 3.8) is 0 Å². The number of nitrogens with zero attached hydrogens (tertiary/aromatic N) is 3. The van der Waals surface area contributed by atoms with Crippen LogP contribution < -0.4 is 0 Å². The summed E-state index contributed by atoms with van der Waals surface area (Å²) in [6.45, 7) is 2.07. The second-order valence-corrected chi connectivity index (χ2v) is 6.50. The van der Waals surface area contributed by atoms with Crippen molar-refractivity contribution in [1.82, 2.24) is 14.6 Å². The number of halogens is 3. The summed E-state index contributed by atoms with van der Waals surface area (Å²) >= 11 is 13.7. The van der Waals surface area contributed by atoms with Crippen molar-refractivity contribution in [3.8, 4) is 11.5 Å². The van der Waals surface area contributed by atoms with E-state index in [-0.39, 0.29) is 0 Å². The molecule has 4 aromatic rings. The van der Waals surface area contributed by atoms with E-state index in [2.05, 4.69) is 17.0 Å². The molecule has 4 rings (SSSR count). The van der Waals surface area contributed by atoms with Gasteiger partial charge in [0.05, 0.1) is 18.4 Å². The molecule has 0 saturated heterocycles. The molecule has 0 aliphatic rings. The summed E-state index contributed by atoms with van der Waals surface area (Å²) in [5.74, 6) is 0.657. The zero-order valence-corrected chi connectivity index (χ0v) is 14.6. The van der Waals surface area contributed by atoms with Crippen molar-refractivity contribution < 1.29 is 8.81 Å². The Morgan fingerprint density at radius 3 is 2.74 bits per heavy atom. The molecule has 0 radical (unpaired) electrons. The van der Waals surface area contributed by atoms with Crippen molar-refractivity contribution in [2.45, 2.75) is 13.3 Å². The molecule has 1 aromatic carbocycles. The second-order valence-electron chi connectivity index (χ2n) is 4.61. The summed E-state index contributed by atoms with van der Waals surface area (Å²) in [4.78, 5) is 5.40. The van der Waals surface area contributed by atoms with Crippen LogP contribution >= 0.6 is 34.5 Å². The van der Waals surface area contributed by atoms with Gasteiger partial charge in [0.1, 0.15) is 16.3 Å². The maximum atomic E-state index is 9.50. The van der Waals surface area contributed by atoms with Crippen LogP contribution in [0.1, 0.15) is 11.9 Å². The summed E-state index contributed by atoms with van der Waals surface area (Å²) in [5.41, 5.74) is 1.39. The predicted molar refractivity (Wildman–Crippen MR) is 92.5 cm³/mol. The smallest absolute Gasteiger partial charge is 0.212 e. The number of hydrogen-bond donors (Lipinski definition) is 0. The SMILES string of the molecule is CCc1nn2cc(-c3cc4c(Cl)cc(Cl)cc4o3)nc2s1.CF. The zero-order chi connectivity index (χ0) is 16.6. The van der Waals surface area contributed by atoms with Crippen LogP contribution in [0.25, 0.3) is 27.4 Å². The number of rotatable bonds is 2. The lowest BCUT2D eigenvalue weighted by molar-refractivity contribution is 0.629. The standard InChI is InChI=1S/C14H9Cl2N3OS.CH3F/c1-2-13-18-19-6-10(17-14(19)21-13)12-5-8-9(16)3-7(15)4-11(8)20-12;1-2/h3-6H,2H2,1H3;1H3. The summed E-state index contributed by atoms with van der Waals surface area (Å²) in [5, 5.41) is 7.45. The number of aryl methyl sites for hydroxylation is 1. The molecule has 0 aliphatic carbocycles. The van der Waals surface area contributed by atoms with E-state index in [9.17, 15) is 4.39 Å². The lowest BCUT2D eigenvalue weighted by Gasteiger charge is -1.92. The molecule has 8 heteroatoms.